The lowest BCUT2D eigenvalue weighted by Crippen LogP contribution is -2.31. The summed E-state index contributed by atoms with van der Waals surface area (Å²) >= 11 is 1.55. The molecular formula is C25H21N5O2S. The van der Waals surface area contributed by atoms with E-state index in [9.17, 15) is 4.79 Å². The Kier molecular flexibility index (Phi) is 4.99. The lowest BCUT2D eigenvalue weighted by atomic mass is 10.1. The highest BCUT2D eigenvalue weighted by Gasteiger charge is 2.36. The van der Waals surface area contributed by atoms with Gasteiger partial charge in [0.25, 0.3) is 11.1 Å². The van der Waals surface area contributed by atoms with Gasteiger partial charge in [-0.1, -0.05) is 35.6 Å². The van der Waals surface area contributed by atoms with Gasteiger partial charge < -0.3 is 14.5 Å². The molecule has 0 bridgehead atoms. The molecule has 1 atom stereocenters. The average molecular weight is 456 g/mol. The standard InChI is InChI=1S/C25H21N5O2S/c31-24(22-11-26-9-10-27-22)30-15-18-13-29(14-19(18)16-30)12-17-5-7-20(8-6-17)32-25-28-21-3-1-2-4-23(21)33-25/h1-11,13,19H,12,14-16H2. The van der Waals surface area contributed by atoms with Crippen LogP contribution in [-0.2, 0) is 6.54 Å². The summed E-state index contributed by atoms with van der Waals surface area (Å²) in [6.45, 7) is 3.14. The second-order valence-electron chi connectivity index (χ2n) is 8.30. The first-order valence-corrected chi connectivity index (χ1v) is 11.7. The summed E-state index contributed by atoms with van der Waals surface area (Å²) in [6.07, 6.45) is 6.87. The van der Waals surface area contributed by atoms with Gasteiger partial charge in [0.05, 0.1) is 16.4 Å². The Morgan fingerprint density at radius 2 is 1.97 bits per heavy atom. The van der Waals surface area contributed by atoms with Crippen molar-refractivity contribution in [2.75, 3.05) is 19.6 Å². The van der Waals surface area contributed by atoms with Gasteiger partial charge in [0.15, 0.2) is 0 Å². The number of thiazole rings is 1. The van der Waals surface area contributed by atoms with Crippen molar-refractivity contribution in [2.45, 2.75) is 6.54 Å². The quantitative estimate of drug-likeness (QED) is 0.446. The van der Waals surface area contributed by atoms with Crippen LogP contribution in [-0.4, -0.2) is 50.3 Å². The second kappa shape index (κ2) is 8.29. The van der Waals surface area contributed by atoms with E-state index in [-0.39, 0.29) is 5.91 Å². The van der Waals surface area contributed by atoms with Gasteiger partial charge in [0, 0.05) is 50.7 Å². The molecule has 1 unspecified atom stereocenters. The number of nitrogens with zero attached hydrogens (tertiary/aromatic N) is 5. The summed E-state index contributed by atoms with van der Waals surface area (Å²) in [6, 6.07) is 16.2. The first-order valence-electron chi connectivity index (χ1n) is 10.8. The zero-order valence-corrected chi connectivity index (χ0v) is 18.6. The number of benzene rings is 2. The third kappa shape index (κ3) is 4.05. The molecule has 6 rings (SSSR count). The molecule has 164 valence electrons. The number of aromatic nitrogens is 3. The smallest absolute Gasteiger partial charge is 0.279 e. The summed E-state index contributed by atoms with van der Waals surface area (Å²) in [5, 5.41) is 0.654. The average Bonchev–Trinajstić information content (AvgIpc) is 3.53. The Balaban J connectivity index is 1.07. The summed E-state index contributed by atoms with van der Waals surface area (Å²) in [7, 11) is 0. The van der Waals surface area contributed by atoms with Crippen LogP contribution in [0.5, 0.6) is 10.9 Å². The largest absolute Gasteiger partial charge is 0.431 e. The molecule has 0 radical (unpaired) electrons. The fraction of sp³-hybridized carbons (Fsp3) is 0.200. The van der Waals surface area contributed by atoms with Crippen LogP contribution >= 0.6 is 11.3 Å². The van der Waals surface area contributed by atoms with Crippen molar-refractivity contribution in [3.8, 4) is 10.9 Å². The van der Waals surface area contributed by atoms with Gasteiger partial charge in [-0.25, -0.2) is 9.97 Å². The number of hydrogen-bond acceptors (Lipinski definition) is 7. The molecule has 0 N–H and O–H groups in total. The first-order chi connectivity index (χ1) is 16.2. The van der Waals surface area contributed by atoms with Crippen molar-refractivity contribution in [3.05, 3.63) is 90.2 Å². The van der Waals surface area contributed by atoms with Crippen molar-refractivity contribution >= 4 is 27.5 Å². The SMILES string of the molecule is O=C(c1cnccn1)N1CC2=CN(Cc3ccc(Oc4nc5ccccc5s4)cc3)CC2C1. The third-order valence-electron chi connectivity index (χ3n) is 6.00. The number of para-hydroxylation sites is 1. The van der Waals surface area contributed by atoms with Gasteiger partial charge in [-0.15, -0.1) is 0 Å². The van der Waals surface area contributed by atoms with E-state index in [1.54, 1.807) is 23.7 Å². The molecule has 2 aromatic heterocycles. The molecule has 33 heavy (non-hydrogen) atoms. The minimum Gasteiger partial charge on any atom is -0.431 e. The lowest BCUT2D eigenvalue weighted by molar-refractivity contribution is 0.0778. The number of fused-ring (bicyclic) bond motifs is 2. The molecule has 4 aromatic rings. The van der Waals surface area contributed by atoms with Gasteiger partial charge in [-0.3, -0.25) is 9.78 Å². The predicted molar refractivity (Wildman–Crippen MR) is 126 cm³/mol. The van der Waals surface area contributed by atoms with Crippen LogP contribution in [0.4, 0.5) is 0 Å². The number of amides is 1. The van der Waals surface area contributed by atoms with E-state index in [4.69, 9.17) is 4.74 Å². The maximum absolute atomic E-state index is 12.6. The highest BCUT2D eigenvalue weighted by atomic mass is 32.1. The zero-order valence-electron chi connectivity index (χ0n) is 17.8. The lowest BCUT2D eigenvalue weighted by Gasteiger charge is -2.20. The highest BCUT2D eigenvalue weighted by molar-refractivity contribution is 7.20. The molecule has 2 aliphatic rings. The highest BCUT2D eigenvalue weighted by Crippen LogP contribution is 2.33. The Hall–Kier alpha value is -3.78. The first kappa shape index (κ1) is 19.9. The predicted octanol–water partition coefficient (Wildman–Crippen LogP) is 4.35. The number of carbonyl (C=O) groups excluding carboxylic acids is 1. The fourth-order valence-corrected chi connectivity index (χ4v) is 5.25. The molecule has 4 heterocycles. The van der Waals surface area contributed by atoms with Crippen molar-refractivity contribution in [1.29, 1.82) is 0 Å². The molecule has 7 nitrogen and oxygen atoms in total. The van der Waals surface area contributed by atoms with Crippen molar-refractivity contribution < 1.29 is 9.53 Å². The molecule has 0 saturated carbocycles. The third-order valence-corrected chi connectivity index (χ3v) is 6.91. The zero-order chi connectivity index (χ0) is 22.2. The van der Waals surface area contributed by atoms with Crippen LogP contribution in [0, 0.1) is 5.92 Å². The Morgan fingerprint density at radius 1 is 1.09 bits per heavy atom. The van der Waals surface area contributed by atoms with E-state index >= 15 is 0 Å². The molecule has 0 spiro atoms. The topological polar surface area (TPSA) is 71.5 Å². The Morgan fingerprint density at radius 3 is 2.76 bits per heavy atom. The minimum absolute atomic E-state index is 0.0475. The molecule has 0 aliphatic carbocycles. The van der Waals surface area contributed by atoms with E-state index in [2.05, 4.69) is 38.2 Å². The van der Waals surface area contributed by atoms with Crippen LogP contribution in [0.25, 0.3) is 10.2 Å². The molecule has 8 heteroatoms. The molecule has 2 aliphatic heterocycles. The summed E-state index contributed by atoms with van der Waals surface area (Å²) < 4.78 is 7.07. The van der Waals surface area contributed by atoms with E-state index in [1.807, 2.05) is 41.3 Å². The van der Waals surface area contributed by atoms with Gasteiger partial charge >= 0.3 is 0 Å². The molecular weight excluding hydrogens is 434 g/mol. The number of carbonyl (C=O) groups is 1. The van der Waals surface area contributed by atoms with Crippen molar-refractivity contribution in [3.63, 3.8) is 0 Å². The number of rotatable bonds is 5. The normalized spacial score (nSPS) is 17.3. The van der Waals surface area contributed by atoms with Crippen LogP contribution in [0.2, 0.25) is 0 Å². The maximum Gasteiger partial charge on any atom is 0.279 e. The molecule has 1 saturated heterocycles. The summed E-state index contributed by atoms with van der Waals surface area (Å²) in [5.41, 5.74) is 3.89. The molecule has 1 amide bonds. The number of likely N-dealkylation sites (tertiary alicyclic amines) is 1. The van der Waals surface area contributed by atoms with Crippen molar-refractivity contribution in [1.82, 2.24) is 24.8 Å². The monoisotopic (exact) mass is 455 g/mol. The van der Waals surface area contributed by atoms with Crippen molar-refractivity contribution in [2.24, 2.45) is 5.92 Å². The summed E-state index contributed by atoms with van der Waals surface area (Å²) in [5.74, 6) is 1.12. The number of ether oxygens (including phenoxy) is 1. The van der Waals surface area contributed by atoms with Gasteiger partial charge in [-0.05, 0) is 35.4 Å². The van der Waals surface area contributed by atoms with E-state index in [0.717, 1.165) is 35.6 Å². The van der Waals surface area contributed by atoms with Crippen LogP contribution in [0.1, 0.15) is 16.1 Å². The van der Waals surface area contributed by atoms with E-state index < -0.39 is 0 Å². The van der Waals surface area contributed by atoms with Gasteiger partial charge in [-0.2, -0.15) is 0 Å². The second-order valence-corrected chi connectivity index (χ2v) is 9.29. The number of hydrogen-bond donors (Lipinski definition) is 0. The maximum atomic E-state index is 12.6. The Bertz CT molecular complexity index is 1300. The van der Waals surface area contributed by atoms with E-state index in [0.29, 0.717) is 23.4 Å². The Labute approximate surface area is 195 Å². The van der Waals surface area contributed by atoms with Crippen LogP contribution in [0.3, 0.4) is 0 Å². The molecule has 1 fully saturated rings. The molecule has 2 aromatic carbocycles. The summed E-state index contributed by atoms with van der Waals surface area (Å²) in [4.78, 5) is 29.5. The van der Waals surface area contributed by atoms with Crippen LogP contribution < -0.4 is 4.74 Å². The minimum atomic E-state index is -0.0475. The van der Waals surface area contributed by atoms with Crippen LogP contribution in [0.15, 0.2) is 78.9 Å². The van der Waals surface area contributed by atoms with Gasteiger partial charge in [0.1, 0.15) is 11.4 Å². The van der Waals surface area contributed by atoms with Gasteiger partial charge in [0.2, 0.25) is 0 Å². The fourth-order valence-electron chi connectivity index (χ4n) is 4.42. The van der Waals surface area contributed by atoms with E-state index in [1.165, 1.54) is 17.3 Å².